The Morgan fingerprint density at radius 3 is 2.54 bits per heavy atom. The Kier molecular flexibility index (Phi) is 7.77. The lowest BCUT2D eigenvalue weighted by Gasteiger charge is -2.30. The van der Waals surface area contributed by atoms with Crippen LogP contribution in [-0.2, 0) is 21.9 Å². The lowest BCUT2D eigenvalue weighted by molar-refractivity contribution is -0.170. The van der Waals surface area contributed by atoms with Crippen LogP contribution in [0.4, 0.5) is 19.0 Å². The maximum absolute atomic E-state index is 15.1. The van der Waals surface area contributed by atoms with Crippen molar-refractivity contribution < 1.29 is 37.2 Å². The van der Waals surface area contributed by atoms with Crippen molar-refractivity contribution in [3.63, 3.8) is 0 Å². The first-order valence-corrected chi connectivity index (χ1v) is 11.8. The molecule has 1 aromatic heterocycles. The van der Waals surface area contributed by atoms with Gasteiger partial charge >= 0.3 is 5.92 Å². The largest absolute Gasteiger partial charge is 0.487 e. The number of anilines is 1. The number of aromatic nitrogens is 2. The number of aryl methyl sites for hydroxylation is 1. The van der Waals surface area contributed by atoms with Crippen molar-refractivity contribution in [3.8, 4) is 11.5 Å². The second-order valence-corrected chi connectivity index (χ2v) is 9.32. The van der Waals surface area contributed by atoms with Gasteiger partial charge in [0.25, 0.3) is 0 Å². The smallest absolute Gasteiger partial charge is 0.303 e. The Morgan fingerprint density at radius 2 is 1.89 bits per heavy atom. The average Bonchev–Trinajstić information content (AvgIpc) is 2.80. The number of alkyl halides is 2. The van der Waals surface area contributed by atoms with Gasteiger partial charge in [-0.3, -0.25) is 0 Å². The number of fused-ring (bicyclic) bond motifs is 1. The highest BCUT2D eigenvalue weighted by Gasteiger charge is 2.49. The van der Waals surface area contributed by atoms with E-state index in [4.69, 9.17) is 18.9 Å². The average molecular weight is 522 g/mol. The molecule has 2 heterocycles. The van der Waals surface area contributed by atoms with Crippen LogP contribution in [0, 0.1) is 12.7 Å². The highest BCUT2D eigenvalue weighted by molar-refractivity contribution is 5.91. The summed E-state index contributed by atoms with van der Waals surface area (Å²) < 4.78 is 66.6. The highest BCUT2D eigenvalue weighted by atomic mass is 19.3. The summed E-state index contributed by atoms with van der Waals surface area (Å²) in [6.07, 6.45) is -0.0972. The molecule has 1 aliphatic rings. The summed E-state index contributed by atoms with van der Waals surface area (Å²) in [5, 5.41) is 13.5. The van der Waals surface area contributed by atoms with Crippen molar-refractivity contribution in [2.45, 2.75) is 44.9 Å². The minimum absolute atomic E-state index is 0.00709. The third kappa shape index (κ3) is 5.73. The van der Waals surface area contributed by atoms with E-state index in [-0.39, 0.29) is 24.8 Å². The lowest BCUT2D eigenvalue weighted by atomic mass is 9.92. The lowest BCUT2D eigenvalue weighted by Crippen LogP contribution is -2.41. The molecule has 0 radical (unpaired) electrons. The molecular weight excluding hydrogens is 491 g/mol. The van der Waals surface area contributed by atoms with Gasteiger partial charge in [0.2, 0.25) is 0 Å². The topological polar surface area (TPSA) is 95.0 Å². The van der Waals surface area contributed by atoms with E-state index in [0.29, 0.717) is 53.9 Å². The number of hydrogen-bond donors (Lipinski definition) is 2. The number of methoxy groups -OCH3 is 1. The van der Waals surface area contributed by atoms with Crippen LogP contribution in [0.15, 0.2) is 30.3 Å². The minimum atomic E-state index is -3.79. The highest BCUT2D eigenvalue weighted by Crippen LogP contribution is 2.41. The van der Waals surface area contributed by atoms with Gasteiger partial charge in [-0.2, -0.15) is 8.78 Å². The van der Waals surface area contributed by atoms with Gasteiger partial charge in [-0.25, -0.2) is 14.4 Å². The van der Waals surface area contributed by atoms with Crippen molar-refractivity contribution in [2.75, 3.05) is 38.9 Å². The molecule has 0 spiro atoms. The number of halogens is 3. The van der Waals surface area contributed by atoms with Crippen molar-refractivity contribution in [1.82, 2.24) is 9.97 Å². The van der Waals surface area contributed by atoms with Gasteiger partial charge in [-0.15, -0.1) is 0 Å². The molecule has 0 unspecified atom stereocenters. The van der Waals surface area contributed by atoms with E-state index in [2.05, 4.69) is 15.3 Å². The fourth-order valence-corrected chi connectivity index (χ4v) is 3.76. The van der Waals surface area contributed by atoms with Crippen LogP contribution in [0.25, 0.3) is 10.9 Å². The summed E-state index contributed by atoms with van der Waals surface area (Å²) in [6.45, 7) is 5.05. The third-order valence-corrected chi connectivity index (χ3v) is 5.95. The van der Waals surface area contributed by atoms with E-state index in [1.165, 1.54) is 12.1 Å². The quantitative estimate of drug-likeness (QED) is 0.360. The molecule has 4 rings (SSSR count). The molecule has 0 atom stereocenters. The van der Waals surface area contributed by atoms with Crippen LogP contribution < -0.4 is 14.8 Å². The number of ether oxygens (including phenoxy) is 4. The number of hydrogen-bond acceptors (Lipinski definition) is 8. The van der Waals surface area contributed by atoms with E-state index in [9.17, 15) is 13.9 Å². The number of benzene rings is 2. The number of rotatable bonds is 11. The standard InChI is InChI=1S/C26H30F3N3O5/c1-15-31-20-11-22(37-17-13-35-14-17)21(36-9-8-34-4)10-18(20)24(32-15)30-12-16-6-5-7-19(23(16)27)26(28,29)25(2,3)33/h5-7,10-11,17,33H,8-9,12-14H2,1-4H3,(H,30,31,32). The van der Waals surface area contributed by atoms with Crippen molar-refractivity contribution in [2.24, 2.45) is 0 Å². The maximum Gasteiger partial charge on any atom is 0.303 e. The number of nitrogens with zero attached hydrogens (tertiary/aromatic N) is 2. The first kappa shape index (κ1) is 26.9. The molecule has 0 aliphatic carbocycles. The first-order valence-electron chi connectivity index (χ1n) is 11.8. The van der Waals surface area contributed by atoms with Crippen molar-refractivity contribution >= 4 is 16.7 Å². The fraction of sp³-hybridized carbons (Fsp3) is 0.462. The maximum atomic E-state index is 15.1. The van der Waals surface area contributed by atoms with Gasteiger partial charge in [-0.1, -0.05) is 12.1 Å². The molecule has 200 valence electrons. The Labute approximate surface area is 212 Å². The van der Waals surface area contributed by atoms with Crippen LogP contribution in [0.3, 0.4) is 0 Å². The van der Waals surface area contributed by atoms with Gasteiger partial charge in [0.15, 0.2) is 11.5 Å². The first-order chi connectivity index (χ1) is 17.5. The molecular formula is C26H30F3N3O5. The Balaban J connectivity index is 1.66. The molecule has 8 nitrogen and oxygen atoms in total. The monoisotopic (exact) mass is 521 g/mol. The molecule has 0 saturated carbocycles. The molecule has 3 aromatic rings. The van der Waals surface area contributed by atoms with E-state index in [1.54, 1.807) is 26.2 Å². The normalized spacial score (nSPS) is 14.5. The van der Waals surface area contributed by atoms with Crippen LogP contribution in [0.5, 0.6) is 11.5 Å². The molecule has 1 aliphatic heterocycles. The van der Waals surface area contributed by atoms with E-state index >= 15 is 4.39 Å². The summed E-state index contributed by atoms with van der Waals surface area (Å²) >= 11 is 0. The minimum Gasteiger partial charge on any atom is -0.487 e. The molecule has 0 amide bonds. The van der Waals surface area contributed by atoms with Gasteiger partial charge < -0.3 is 29.4 Å². The summed E-state index contributed by atoms with van der Waals surface area (Å²) in [6, 6.07) is 7.15. The third-order valence-electron chi connectivity index (χ3n) is 5.95. The molecule has 1 fully saturated rings. The summed E-state index contributed by atoms with van der Waals surface area (Å²) in [7, 11) is 1.57. The van der Waals surface area contributed by atoms with Crippen LogP contribution in [0.1, 0.15) is 30.8 Å². The Morgan fingerprint density at radius 1 is 1.14 bits per heavy atom. The van der Waals surface area contributed by atoms with E-state index in [1.807, 2.05) is 0 Å². The molecule has 37 heavy (non-hydrogen) atoms. The van der Waals surface area contributed by atoms with Crippen LogP contribution >= 0.6 is 0 Å². The van der Waals surface area contributed by atoms with Crippen LogP contribution in [0.2, 0.25) is 0 Å². The van der Waals surface area contributed by atoms with E-state index < -0.39 is 22.9 Å². The predicted molar refractivity (Wildman–Crippen MR) is 131 cm³/mol. The van der Waals surface area contributed by atoms with Crippen molar-refractivity contribution in [3.05, 3.63) is 53.1 Å². The van der Waals surface area contributed by atoms with Gasteiger partial charge in [0.1, 0.15) is 35.8 Å². The second-order valence-electron chi connectivity index (χ2n) is 9.32. The zero-order chi connectivity index (χ0) is 26.8. The SMILES string of the molecule is COCCOc1cc2c(NCc3cccc(C(F)(F)C(C)(C)O)c3F)nc(C)nc2cc1OC1COC1. The van der Waals surface area contributed by atoms with Gasteiger partial charge in [-0.05, 0) is 32.9 Å². The van der Waals surface area contributed by atoms with Gasteiger partial charge in [0.05, 0.1) is 30.9 Å². The Bertz CT molecular complexity index is 1260. The summed E-state index contributed by atoms with van der Waals surface area (Å²) in [4.78, 5) is 8.93. The molecule has 0 bridgehead atoms. The second kappa shape index (κ2) is 10.7. The van der Waals surface area contributed by atoms with E-state index in [0.717, 1.165) is 19.9 Å². The summed E-state index contributed by atoms with van der Waals surface area (Å²) in [5.41, 5.74) is -2.76. The molecule has 2 N–H and O–H groups in total. The fourth-order valence-electron chi connectivity index (χ4n) is 3.76. The zero-order valence-electron chi connectivity index (χ0n) is 21.1. The van der Waals surface area contributed by atoms with Crippen molar-refractivity contribution in [1.29, 1.82) is 0 Å². The summed E-state index contributed by atoms with van der Waals surface area (Å²) in [5.74, 6) is -3.13. The molecule has 11 heteroatoms. The van der Waals surface area contributed by atoms with Crippen LogP contribution in [-0.4, -0.2) is 60.3 Å². The molecule has 2 aromatic carbocycles. The Hall–Kier alpha value is -3.15. The zero-order valence-corrected chi connectivity index (χ0v) is 21.1. The predicted octanol–water partition coefficient (Wildman–Crippen LogP) is 4.35. The number of nitrogens with one attached hydrogen (secondary N) is 1. The molecule has 1 saturated heterocycles. The number of aliphatic hydroxyl groups is 1. The van der Waals surface area contributed by atoms with Gasteiger partial charge in [0, 0.05) is 30.7 Å².